The topological polar surface area (TPSA) is 38.8 Å². The van der Waals surface area contributed by atoms with Gasteiger partial charge in [-0.2, -0.15) is 8.78 Å². The van der Waals surface area contributed by atoms with E-state index in [9.17, 15) is 13.6 Å². The zero-order valence-corrected chi connectivity index (χ0v) is 19.1. The molecule has 3 aromatic rings. The van der Waals surface area contributed by atoms with E-state index in [1.807, 2.05) is 35.2 Å². The second-order valence-electron chi connectivity index (χ2n) is 9.31. The molecule has 2 aliphatic heterocycles. The SMILES string of the molecule is O=C(OCC1c2ccccc2-c2ccccc21)N1C2C=C(c3cccc(OC(F)F)c3)CC1CC2. The maximum atomic E-state index is 13.2. The van der Waals surface area contributed by atoms with E-state index in [1.165, 1.54) is 28.3 Å². The maximum absolute atomic E-state index is 13.2. The molecule has 178 valence electrons. The lowest BCUT2D eigenvalue weighted by atomic mass is 9.95. The number of carbonyl (C=O) groups is 1. The summed E-state index contributed by atoms with van der Waals surface area (Å²) in [5.41, 5.74) is 6.69. The Balaban J connectivity index is 1.18. The molecule has 4 nitrogen and oxygen atoms in total. The highest BCUT2D eigenvalue weighted by Crippen LogP contribution is 2.45. The fraction of sp³-hybridized carbons (Fsp3) is 0.276. The van der Waals surface area contributed by atoms with E-state index in [0.29, 0.717) is 13.0 Å². The number of fused-ring (bicyclic) bond motifs is 5. The van der Waals surface area contributed by atoms with Crippen molar-refractivity contribution in [3.8, 4) is 16.9 Å². The van der Waals surface area contributed by atoms with Gasteiger partial charge < -0.3 is 9.47 Å². The van der Waals surface area contributed by atoms with Gasteiger partial charge in [-0.3, -0.25) is 4.90 Å². The fourth-order valence-electron chi connectivity index (χ4n) is 5.87. The molecule has 0 spiro atoms. The molecule has 1 fully saturated rings. The van der Waals surface area contributed by atoms with Crippen molar-refractivity contribution in [2.24, 2.45) is 0 Å². The molecule has 3 aliphatic rings. The van der Waals surface area contributed by atoms with Crippen LogP contribution in [0.15, 0.2) is 78.9 Å². The molecule has 2 bridgehead atoms. The van der Waals surface area contributed by atoms with Crippen molar-refractivity contribution in [2.45, 2.75) is 43.9 Å². The van der Waals surface area contributed by atoms with Crippen molar-refractivity contribution in [3.05, 3.63) is 95.6 Å². The third-order valence-corrected chi connectivity index (χ3v) is 7.37. The van der Waals surface area contributed by atoms with Crippen molar-refractivity contribution in [2.75, 3.05) is 6.61 Å². The molecule has 6 heteroatoms. The van der Waals surface area contributed by atoms with E-state index in [0.717, 1.165) is 24.0 Å². The summed E-state index contributed by atoms with van der Waals surface area (Å²) >= 11 is 0. The predicted octanol–water partition coefficient (Wildman–Crippen LogP) is 6.86. The van der Waals surface area contributed by atoms with Gasteiger partial charge in [0, 0.05) is 12.0 Å². The van der Waals surface area contributed by atoms with Crippen molar-refractivity contribution in [1.29, 1.82) is 0 Å². The summed E-state index contributed by atoms with van der Waals surface area (Å²) in [4.78, 5) is 15.1. The monoisotopic (exact) mass is 473 g/mol. The zero-order chi connectivity index (χ0) is 23.9. The van der Waals surface area contributed by atoms with Gasteiger partial charge >= 0.3 is 12.7 Å². The number of hydrogen-bond acceptors (Lipinski definition) is 3. The van der Waals surface area contributed by atoms with Crippen LogP contribution in [0.5, 0.6) is 5.75 Å². The van der Waals surface area contributed by atoms with Crippen molar-refractivity contribution >= 4 is 11.7 Å². The van der Waals surface area contributed by atoms with Gasteiger partial charge in [0.05, 0.1) is 6.04 Å². The molecule has 1 amide bonds. The highest BCUT2D eigenvalue weighted by Gasteiger charge is 2.41. The van der Waals surface area contributed by atoms with E-state index in [4.69, 9.17) is 4.74 Å². The number of amides is 1. The summed E-state index contributed by atoms with van der Waals surface area (Å²) in [7, 11) is 0. The largest absolute Gasteiger partial charge is 0.448 e. The van der Waals surface area contributed by atoms with E-state index in [1.54, 1.807) is 12.1 Å². The zero-order valence-electron chi connectivity index (χ0n) is 19.1. The number of benzene rings is 3. The maximum Gasteiger partial charge on any atom is 0.410 e. The van der Waals surface area contributed by atoms with Crippen molar-refractivity contribution in [1.82, 2.24) is 4.90 Å². The summed E-state index contributed by atoms with van der Waals surface area (Å²) in [6, 6.07) is 23.3. The molecule has 1 aliphatic carbocycles. The first-order valence-electron chi connectivity index (χ1n) is 12.0. The Kier molecular flexibility index (Phi) is 5.51. The standard InChI is InChI=1S/C29H25F2NO3/c30-28(31)35-22-7-5-6-18(16-22)19-14-20-12-13-21(15-19)32(20)29(33)34-17-27-25-10-3-1-8-23(25)24-9-2-4-11-26(24)27/h1-11,14,16,20-21,27-28H,12-13,15,17H2. The van der Waals surface area contributed by atoms with Crippen LogP contribution >= 0.6 is 0 Å². The molecule has 35 heavy (non-hydrogen) atoms. The van der Waals surface area contributed by atoms with E-state index in [-0.39, 0.29) is 29.8 Å². The summed E-state index contributed by atoms with van der Waals surface area (Å²) in [5, 5.41) is 0. The molecule has 2 atom stereocenters. The van der Waals surface area contributed by atoms with Gasteiger partial charge in [0.2, 0.25) is 0 Å². The first-order chi connectivity index (χ1) is 17.1. The quantitative estimate of drug-likeness (QED) is 0.406. The molecule has 2 heterocycles. The van der Waals surface area contributed by atoms with Gasteiger partial charge in [-0.15, -0.1) is 0 Å². The predicted molar refractivity (Wildman–Crippen MR) is 129 cm³/mol. The molecule has 0 saturated carbocycles. The lowest BCUT2D eigenvalue weighted by Crippen LogP contribution is -2.43. The number of ether oxygens (including phenoxy) is 2. The Morgan fingerprint density at radius 3 is 2.34 bits per heavy atom. The summed E-state index contributed by atoms with van der Waals surface area (Å²) < 4.78 is 35.7. The van der Waals surface area contributed by atoms with Crippen LogP contribution < -0.4 is 4.74 Å². The Hall–Kier alpha value is -3.67. The molecule has 0 radical (unpaired) electrons. The Labute approximate surface area is 202 Å². The molecule has 6 rings (SSSR count). The second-order valence-corrected chi connectivity index (χ2v) is 9.31. The number of carbonyl (C=O) groups excluding carboxylic acids is 1. The number of rotatable bonds is 5. The summed E-state index contributed by atoms with van der Waals surface area (Å²) in [6.07, 6.45) is 4.21. The van der Waals surface area contributed by atoms with Crippen LogP contribution in [0, 0.1) is 0 Å². The van der Waals surface area contributed by atoms with Crippen LogP contribution in [0.4, 0.5) is 13.6 Å². The van der Waals surface area contributed by atoms with Gasteiger partial charge in [-0.25, -0.2) is 4.79 Å². The minimum absolute atomic E-state index is 0.0254. The minimum Gasteiger partial charge on any atom is -0.448 e. The van der Waals surface area contributed by atoms with Gasteiger partial charge in [-0.05, 0) is 64.8 Å². The Morgan fingerprint density at radius 2 is 1.66 bits per heavy atom. The third-order valence-electron chi connectivity index (χ3n) is 7.37. The van der Waals surface area contributed by atoms with Crippen molar-refractivity contribution < 1.29 is 23.0 Å². The molecular weight excluding hydrogens is 448 g/mol. The molecular formula is C29H25F2NO3. The molecule has 3 aromatic carbocycles. The lowest BCUT2D eigenvalue weighted by Gasteiger charge is -2.33. The van der Waals surface area contributed by atoms with Crippen LogP contribution in [0.2, 0.25) is 0 Å². The number of nitrogens with zero attached hydrogens (tertiary/aromatic N) is 1. The average molecular weight is 474 g/mol. The first-order valence-corrected chi connectivity index (χ1v) is 12.0. The summed E-state index contributed by atoms with van der Waals surface area (Å²) in [5.74, 6) is 0.169. The van der Waals surface area contributed by atoms with Crippen LogP contribution in [-0.2, 0) is 4.74 Å². The first kappa shape index (κ1) is 21.8. The smallest absolute Gasteiger partial charge is 0.410 e. The molecule has 0 N–H and O–H groups in total. The molecule has 1 saturated heterocycles. The number of halogens is 2. The van der Waals surface area contributed by atoms with Gasteiger partial charge in [0.1, 0.15) is 12.4 Å². The van der Waals surface area contributed by atoms with E-state index < -0.39 is 6.61 Å². The number of alkyl halides is 2. The molecule has 2 unspecified atom stereocenters. The third kappa shape index (κ3) is 3.97. The Bertz CT molecular complexity index is 1260. The van der Waals surface area contributed by atoms with Crippen LogP contribution in [0.3, 0.4) is 0 Å². The van der Waals surface area contributed by atoms with Crippen molar-refractivity contribution in [3.63, 3.8) is 0 Å². The van der Waals surface area contributed by atoms with E-state index >= 15 is 0 Å². The van der Waals surface area contributed by atoms with Crippen LogP contribution in [0.25, 0.3) is 16.7 Å². The number of hydrogen-bond donors (Lipinski definition) is 0. The normalized spacial score (nSPS) is 20.4. The average Bonchev–Trinajstić information content (AvgIpc) is 3.33. The highest BCUT2D eigenvalue weighted by atomic mass is 19.3. The minimum atomic E-state index is -2.86. The van der Waals surface area contributed by atoms with Crippen LogP contribution in [-0.4, -0.2) is 36.3 Å². The van der Waals surface area contributed by atoms with Gasteiger partial charge in [-0.1, -0.05) is 66.7 Å². The molecule has 0 aromatic heterocycles. The summed E-state index contributed by atoms with van der Waals surface area (Å²) in [6.45, 7) is -2.56. The highest BCUT2D eigenvalue weighted by molar-refractivity contribution is 5.79. The fourth-order valence-corrected chi connectivity index (χ4v) is 5.87. The lowest BCUT2D eigenvalue weighted by molar-refractivity contribution is -0.0498. The Morgan fingerprint density at radius 1 is 0.943 bits per heavy atom. The second kappa shape index (κ2) is 8.84. The van der Waals surface area contributed by atoms with Crippen LogP contribution in [0.1, 0.15) is 41.9 Å². The van der Waals surface area contributed by atoms with Gasteiger partial charge in [0.15, 0.2) is 0 Å². The van der Waals surface area contributed by atoms with Gasteiger partial charge in [0.25, 0.3) is 0 Å². The van der Waals surface area contributed by atoms with E-state index in [2.05, 4.69) is 35.1 Å².